The average Bonchev–Trinajstić information content (AvgIpc) is 2.40. The Hall–Kier alpha value is -1.54. The number of halogens is 2. The van der Waals surface area contributed by atoms with Crippen LogP contribution in [-0.4, -0.2) is 32.3 Å². The molecule has 1 aliphatic rings. The van der Waals surface area contributed by atoms with E-state index < -0.39 is 38.0 Å². The van der Waals surface area contributed by atoms with Gasteiger partial charge >= 0.3 is 0 Å². The number of rotatable bonds is 2. The third kappa shape index (κ3) is 3.38. The van der Waals surface area contributed by atoms with Gasteiger partial charge in [-0.1, -0.05) is 6.92 Å². The number of carbonyl (C=O) groups is 1. The van der Waals surface area contributed by atoms with E-state index in [0.29, 0.717) is 25.1 Å². The maximum absolute atomic E-state index is 13.8. The molecule has 0 radical (unpaired) electrons. The third-order valence-electron chi connectivity index (χ3n) is 3.63. The van der Waals surface area contributed by atoms with Crippen LogP contribution in [0, 0.1) is 17.6 Å². The number of hydrogen-bond acceptors (Lipinski definition) is 3. The van der Waals surface area contributed by atoms with Gasteiger partial charge in [0.15, 0.2) is 11.6 Å². The van der Waals surface area contributed by atoms with Gasteiger partial charge in [-0.25, -0.2) is 22.3 Å². The topological polar surface area (TPSA) is 80.5 Å². The Morgan fingerprint density at radius 1 is 1.29 bits per heavy atom. The number of sulfonamides is 1. The van der Waals surface area contributed by atoms with Crippen LogP contribution < -0.4 is 5.14 Å². The molecule has 0 saturated carbocycles. The molecule has 1 amide bonds. The predicted molar refractivity (Wildman–Crippen MR) is 72.0 cm³/mol. The summed E-state index contributed by atoms with van der Waals surface area (Å²) in [5.74, 6) is -3.02. The number of piperidine rings is 1. The van der Waals surface area contributed by atoms with E-state index in [1.165, 1.54) is 4.90 Å². The molecule has 0 atom stereocenters. The van der Waals surface area contributed by atoms with Gasteiger partial charge in [0, 0.05) is 13.1 Å². The smallest absolute Gasteiger partial charge is 0.256 e. The van der Waals surface area contributed by atoms with Gasteiger partial charge in [0.25, 0.3) is 5.91 Å². The number of benzene rings is 1. The molecule has 0 bridgehead atoms. The van der Waals surface area contributed by atoms with Crippen LogP contribution in [0.1, 0.15) is 30.1 Å². The molecule has 1 fully saturated rings. The first kappa shape index (κ1) is 15.8. The Balaban J connectivity index is 2.39. The number of hydrogen-bond donors (Lipinski definition) is 1. The number of nitrogens with two attached hydrogens (primary N) is 1. The summed E-state index contributed by atoms with van der Waals surface area (Å²) >= 11 is 0. The second-order valence-corrected chi connectivity index (χ2v) is 6.85. The van der Waals surface area contributed by atoms with E-state index in [-0.39, 0.29) is 0 Å². The molecule has 116 valence electrons. The molecule has 2 rings (SSSR count). The van der Waals surface area contributed by atoms with Crippen LogP contribution in [0.3, 0.4) is 0 Å². The molecule has 0 aliphatic carbocycles. The Morgan fingerprint density at radius 2 is 1.86 bits per heavy atom. The summed E-state index contributed by atoms with van der Waals surface area (Å²) in [7, 11) is -4.22. The van der Waals surface area contributed by atoms with Crippen molar-refractivity contribution in [2.24, 2.45) is 11.1 Å². The zero-order valence-electron chi connectivity index (χ0n) is 11.5. The Morgan fingerprint density at radius 3 is 2.38 bits per heavy atom. The van der Waals surface area contributed by atoms with E-state index in [0.717, 1.165) is 18.9 Å². The lowest BCUT2D eigenvalue weighted by molar-refractivity contribution is 0.0691. The Bertz CT molecular complexity index is 668. The van der Waals surface area contributed by atoms with E-state index in [1.807, 2.05) is 6.92 Å². The zero-order chi connectivity index (χ0) is 15.8. The number of likely N-dealkylation sites (tertiary alicyclic amines) is 1. The van der Waals surface area contributed by atoms with E-state index in [4.69, 9.17) is 5.14 Å². The zero-order valence-corrected chi connectivity index (χ0v) is 12.3. The van der Waals surface area contributed by atoms with Gasteiger partial charge in [0.2, 0.25) is 10.0 Å². The van der Waals surface area contributed by atoms with E-state index >= 15 is 0 Å². The number of primary sulfonamides is 1. The van der Waals surface area contributed by atoms with Crippen molar-refractivity contribution in [3.63, 3.8) is 0 Å². The van der Waals surface area contributed by atoms with Gasteiger partial charge in [-0.15, -0.1) is 0 Å². The first-order chi connectivity index (χ1) is 9.70. The van der Waals surface area contributed by atoms with E-state index in [2.05, 4.69) is 0 Å². The van der Waals surface area contributed by atoms with Crippen LogP contribution in [0.25, 0.3) is 0 Å². The minimum atomic E-state index is -4.22. The maximum Gasteiger partial charge on any atom is 0.256 e. The molecular formula is C13H16F2N2O3S. The highest BCUT2D eigenvalue weighted by Crippen LogP contribution is 2.22. The van der Waals surface area contributed by atoms with Crippen molar-refractivity contribution in [2.45, 2.75) is 24.7 Å². The predicted octanol–water partition coefficient (Wildman–Crippen LogP) is 1.48. The first-order valence-corrected chi connectivity index (χ1v) is 8.06. The normalized spacial score (nSPS) is 17.0. The maximum atomic E-state index is 13.8. The molecular weight excluding hydrogens is 302 g/mol. The van der Waals surface area contributed by atoms with Crippen LogP contribution in [0.4, 0.5) is 8.78 Å². The van der Waals surface area contributed by atoms with Crippen LogP contribution in [-0.2, 0) is 10.0 Å². The Labute approximate surface area is 121 Å². The molecule has 2 N–H and O–H groups in total. The molecule has 1 aliphatic heterocycles. The third-order valence-corrected chi connectivity index (χ3v) is 4.52. The summed E-state index contributed by atoms with van der Waals surface area (Å²) < 4.78 is 49.8. The van der Waals surface area contributed by atoms with Gasteiger partial charge < -0.3 is 4.90 Å². The highest BCUT2D eigenvalue weighted by atomic mass is 32.2. The highest BCUT2D eigenvalue weighted by Gasteiger charge is 2.27. The van der Waals surface area contributed by atoms with Crippen LogP contribution >= 0.6 is 0 Å². The quantitative estimate of drug-likeness (QED) is 0.897. The largest absolute Gasteiger partial charge is 0.339 e. The second-order valence-electron chi connectivity index (χ2n) is 5.29. The summed E-state index contributed by atoms with van der Waals surface area (Å²) in [5, 5.41) is 4.90. The molecule has 0 aromatic heterocycles. The monoisotopic (exact) mass is 318 g/mol. The minimum absolute atomic E-state index is 0.431. The first-order valence-electron chi connectivity index (χ1n) is 6.51. The molecule has 1 heterocycles. The summed E-state index contributed by atoms with van der Waals surface area (Å²) in [6, 6.07) is 1.26. The highest BCUT2D eigenvalue weighted by molar-refractivity contribution is 7.89. The number of amides is 1. The molecule has 1 aromatic carbocycles. The standard InChI is InChI=1S/C13H16F2N2O3S/c1-8-2-4-17(5-3-8)13(18)10-6-9(21(16,19)20)7-11(14)12(10)15/h6-8H,2-5H2,1H3,(H2,16,19,20). The fourth-order valence-corrected chi connectivity index (χ4v) is 2.82. The molecule has 0 unspecified atom stereocenters. The van der Waals surface area contributed by atoms with Crippen molar-refractivity contribution >= 4 is 15.9 Å². The summed E-state index contributed by atoms with van der Waals surface area (Å²) in [6.07, 6.45) is 1.54. The van der Waals surface area contributed by atoms with Gasteiger partial charge in [-0.2, -0.15) is 0 Å². The van der Waals surface area contributed by atoms with Crippen molar-refractivity contribution in [3.05, 3.63) is 29.3 Å². The van der Waals surface area contributed by atoms with E-state index in [1.54, 1.807) is 0 Å². The molecule has 0 spiro atoms. The van der Waals surface area contributed by atoms with Gasteiger partial charge in [-0.3, -0.25) is 4.79 Å². The summed E-state index contributed by atoms with van der Waals surface area (Å²) in [6.45, 7) is 2.91. The van der Waals surface area contributed by atoms with E-state index in [9.17, 15) is 22.0 Å². The van der Waals surface area contributed by atoms with Gasteiger partial charge in [0.1, 0.15) is 0 Å². The fraction of sp³-hybridized carbons (Fsp3) is 0.462. The number of carbonyl (C=O) groups excluding carboxylic acids is 1. The number of nitrogens with zero attached hydrogens (tertiary/aromatic N) is 1. The lowest BCUT2D eigenvalue weighted by atomic mass is 9.98. The van der Waals surface area contributed by atoms with Crippen LogP contribution in [0.2, 0.25) is 0 Å². The molecule has 8 heteroatoms. The van der Waals surface area contributed by atoms with Crippen molar-refractivity contribution in [1.29, 1.82) is 0 Å². The molecule has 5 nitrogen and oxygen atoms in total. The minimum Gasteiger partial charge on any atom is -0.339 e. The van der Waals surface area contributed by atoms with Gasteiger partial charge in [0.05, 0.1) is 10.5 Å². The van der Waals surface area contributed by atoms with Crippen LogP contribution in [0.5, 0.6) is 0 Å². The Kier molecular flexibility index (Phi) is 4.29. The average molecular weight is 318 g/mol. The fourth-order valence-electron chi connectivity index (χ4n) is 2.27. The summed E-state index contributed by atoms with van der Waals surface area (Å²) in [4.78, 5) is 13.0. The van der Waals surface area contributed by atoms with Gasteiger partial charge in [-0.05, 0) is 30.9 Å². The van der Waals surface area contributed by atoms with Crippen molar-refractivity contribution in [3.8, 4) is 0 Å². The molecule has 1 aromatic rings. The SMILES string of the molecule is CC1CCN(C(=O)c2cc(S(N)(=O)=O)cc(F)c2F)CC1. The lowest BCUT2D eigenvalue weighted by Crippen LogP contribution is -2.38. The van der Waals surface area contributed by atoms with Crippen molar-refractivity contribution in [2.75, 3.05) is 13.1 Å². The lowest BCUT2D eigenvalue weighted by Gasteiger charge is -2.30. The second kappa shape index (κ2) is 5.69. The molecule has 1 saturated heterocycles. The van der Waals surface area contributed by atoms with Crippen molar-refractivity contribution in [1.82, 2.24) is 4.90 Å². The van der Waals surface area contributed by atoms with Crippen LogP contribution in [0.15, 0.2) is 17.0 Å². The summed E-state index contributed by atoms with van der Waals surface area (Å²) in [5.41, 5.74) is -0.603. The van der Waals surface area contributed by atoms with Crippen molar-refractivity contribution < 1.29 is 22.0 Å². The molecule has 21 heavy (non-hydrogen) atoms.